The third-order valence-electron chi connectivity index (χ3n) is 1.88. The summed E-state index contributed by atoms with van der Waals surface area (Å²) in [7, 11) is 0. The van der Waals surface area contributed by atoms with Crippen LogP contribution in [0.25, 0.3) is 0 Å². The fourth-order valence-corrected chi connectivity index (χ4v) is 2.04. The maximum absolute atomic E-state index is 5.84. The molecular formula is C9H11N5S. The molecule has 78 valence electrons. The SMILES string of the molecule is C[C@H](N)c1cccnc1Sc1ncn[nH]1. The Kier molecular flexibility index (Phi) is 2.98. The van der Waals surface area contributed by atoms with E-state index in [4.69, 9.17) is 5.73 Å². The van der Waals surface area contributed by atoms with E-state index in [1.165, 1.54) is 18.1 Å². The van der Waals surface area contributed by atoms with Gasteiger partial charge in [0.1, 0.15) is 11.4 Å². The number of hydrogen-bond acceptors (Lipinski definition) is 5. The van der Waals surface area contributed by atoms with Crippen molar-refractivity contribution in [1.82, 2.24) is 20.2 Å². The first kappa shape index (κ1) is 10.1. The highest BCUT2D eigenvalue weighted by atomic mass is 32.2. The Hall–Kier alpha value is -1.40. The quantitative estimate of drug-likeness (QED) is 0.818. The Balaban J connectivity index is 2.28. The highest BCUT2D eigenvalue weighted by Gasteiger charge is 2.10. The van der Waals surface area contributed by atoms with E-state index in [0.717, 1.165) is 15.7 Å². The lowest BCUT2D eigenvalue weighted by molar-refractivity contribution is 0.778. The lowest BCUT2D eigenvalue weighted by atomic mass is 10.2. The third-order valence-corrected chi connectivity index (χ3v) is 2.80. The molecule has 0 saturated carbocycles. The minimum atomic E-state index is -0.0379. The Morgan fingerprint density at radius 1 is 1.47 bits per heavy atom. The number of hydrogen-bond donors (Lipinski definition) is 2. The van der Waals surface area contributed by atoms with Crippen LogP contribution in [0.5, 0.6) is 0 Å². The molecule has 5 nitrogen and oxygen atoms in total. The Labute approximate surface area is 91.5 Å². The summed E-state index contributed by atoms with van der Waals surface area (Å²) in [4.78, 5) is 8.30. The highest BCUT2D eigenvalue weighted by molar-refractivity contribution is 7.99. The van der Waals surface area contributed by atoms with Gasteiger partial charge in [-0.1, -0.05) is 6.07 Å². The van der Waals surface area contributed by atoms with Crippen molar-refractivity contribution in [3.8, 4) is 0 Å². The number of aromatic nitrogens is 4. The molecule has 1 atom stereocenters. The fraction of sp³-hybridized carbons (Fsp3) is 0.222. The van der Waals surface area contributed by atoms with Crippen LogP contribution in [-0.2, 0) is 0 Å². The van der Waals surface area contributed by atoms with Crippen LogP contribution in [0.15, 0.2) is 34.8 Å². The summed E-state index contributed by atoms with van der Waals surface area (Å²) >= 11 is 1.43. The van der Waals surface area contributed by atoms with E-state index in [2.05, 4.69) is 20.2 Å². The number of nitrogens with one attached hydrogen (secondary N) is 1. The average molecular weight is 221 g/mol. The molecule has 2 rings (SSSR count). The van der Waals surface area contributed by atoms with Crippen LogP contribution in [0.3, 0.4) is 0 Å². The maximum atomic E-state index is 5.84. The van der Waals surface area contributed by atoms with E-state index in [1.54, 1.807) is 6.20 Å². The second-order valence-corrected chi connectivity index (χ2v) is 4.06. The van der Waals surface area contributed by atoms with Gasteiger partial charge in [-0.2, -0.15) is 5.10 Å². The number of aromatic amines is 1. The van der Waals surface area contributed by atoms with Crippen molar-refractivity contribution in [2.75, 3.05) is 0 Å². The predicted octanol–water partition coefficient (Wildman–Crippen LogP) is 1.37. The molecule has 0 spiro atoms. The van der Waals surface area contributed by atoms with Gasteiger partial charge in [0.15, 0.2) is 5.16 Å². The zero-order valence-electron chi connectivity index (χ0n) is 8.21. The standard InChI is InChI=1S/C9H11N5S/c1-6(10)7-3-2-4-11-8(7)15-9-12-5-13-14-9/h2-6H,10H2,1H3,(H,12,13,14)/t6-/m0/s1. The van der Waals surface area contributed by atoms with Crippen molar-refractivity contribution in [2.45, 2.75) is 23.1 Å². The Morgan fingerprint density at radius 2 is 2.33 bits per heavy atom. The lowest BCUT2D eigenvalue weighted by Crippen LogP contribution is -2.07. The minimum absolute atomic E-state index is 0.0379. The van der Waals surface area contributed by atoms with Gasteiger partial charge in [-0.05, 0) is 24.8 Å². The van der Waals surface area contributed by atoms with Gasteiger partial charge in [-0.15, -0.1) is 0 Å². The van der Waals surface area contributed by atoms with E-state index in [9.17, 15) is 0 Å². The molecule has 15 heavy (non-hydrogen) atoms. The topological polar surface area (TPSA) is 80.5 Å². The van der Waals surface area contributed by atoms with Crippen molar-refractivity contribution in [1.29, 1.82) is 0 Å². The minimum Gasteiger partial charge on any atom is -0.324 e. The van der Waals surface area contributed by atoms with Gasteiger partial charge in [-0.3, -0.25) is 5.10 Å². The second-order valence-electron chi connectivity index (χ2n) is 3.08. The summed E-state index contributed by atoms with van der Waals surface area (Å²) in [6, 6.07) is 3.81. The van der Waals surface area contributed by atoms with Crippen LogP contribution >= 0.6 is 11.8 Å². The van der Waals surface area contributed by atoms with Gasteiger partial charge in [0.2, 0.25) is 0 Å². The van der Waals surface area contributed by atoms with Crippen molar-refractivity contribution >= 4 is 11.8 Å². The van der Waals surface area contributed by atoms with E-state index < -0.39 is 0 Å². The van der Waals surface area contributed by atoms with Crippen LogP contribution in [-0.4, -0.2) is 20.2 Å². The molecule has 3 N–H and O–H groups in total. The number of rotatable bonds is 3. The molecular weight excluding hydrogens is 210 g/mol. The van der Waals surface area contributed by atoms with Crippen molar-refractivity contribution in [3.05, 3.63) is 30.2 Å². The number of H-pyrrole nitrogens is 1. The summed E-state index contributed by atoms with van der Waals surface area (Å²) in [6.07, 6.45) is 3.21. The molecule has 0 saturated heterocycles. The van der Waals surface area contributed by atoms with E-state index in [-0.39, 0.29) is 6.04 Å². The summed E-state index contributed by atoms with van der Waals surface area (Å²) in [6.45, 7) is 1.93. The second kappa shape index (κ2) is 4.41. The van der Waals surface area contributed by atoms with Crippen LogP contribution < -0.4 is 5.73 Å². The number of nitrogens with zero attached hydrogens (tertiary/aromatic N) is 3. The molecule has 0 aromatic carbocycles. The third kappa shape index (κ3) is 2.34. The molecule has 0 fully saturated rings. The van der Waals surface area contributed by atoms with E-state index in [1.807, 2.05) is 19.1 Å². The monoisotopic (exact) mass is 221 g/mol. The molecule has 0 aliphatic carbocycles. The molecule has 6 heteroatoms. The molecule has 0 unspecified atom stereocenters. The number of pyridine rings is 1. The van der Waals surface area contributed by atoms with Crippen LogP contribution in [0.2, 0.25) is 0 Å². The molecule has 0 aliphatic rings. The largest absolute Gasteiger partial charge is 0.324 e. The van der Waals surface area contributed by atoms with Gasteiger partial charge >= 0.3 is 0 Å². The first-order valence-electron chi connectivity index (χ1n) is 4.51. The first-order valence-corrected chi connectivity index (χ1v) is 5.32. The number of nitrogens with two attached hydrogens (primary N) is 1. The van der Waals surface area contributed by atoms with Crippen LogP contribution in [0.1, 0.15) is 18.5 Å². The predicted molar refractivity (Wildman–Crippen MR) is 57.3 cm³/mol. The van der Waals surface area contributed by atoms with Gasteiger partial charge in [0, 0.05) is 17.8 Å². The molecule has 2 heterocycles. The molecule has 0 aliphatic heterocycles. The zero-order valence-corrected chi connectivity index (χ0v) is 9.03. The average Bonchev–Trinajstić information content (AvgIpc) is 2.71. The van der Waals surface area contributed by atoms with Crippen LogP contribution in [0.4, 0.5) is 0 Å². The molecule has 2 aromatic rings. The van der Waals surface area contributed by atoms with Gasteiger partial charge < -0.3 is 5.73 Å². The summed E-state index contributed by atoms with van der Waals surface area (Å²) in [5.74, 6) is 0. The molecule has 0 bridgehead atoms. The van der Waals surface area contributed by atoms with Gasteiger partial charge in [-0.25, -0.2) is 9.97 Å². The summed E-state index contributed by atoms with van der Waals surface area (Å²) < 4.78 is 0. The van der Waals surface area contributed by atoms with Crippen LogP contribution in [0, 0.1) is 0 Å². The van der Waals surface area contributed by atoms with E-state index >= 15 is 0 Å². The molecule has 2 aromatic heterocycles. The smallest absolute Gasteiger partial charge is 0.189 e. The normalized spacial score (nSPS) is 12.7. The maximum Gasteiger partial charge on any atom is 0.189 e. The molecule has 0 amide bonds. The zero-order chi connectivity index (χ0) is 10.7. The summed E-state index contributed by atoms with van der Waals surface area (Å²) in [5.41, 5.74) is 6.86. The Morgan fingerprint density at radius 3 is 3.00 bits per heavy atom. The molecule has 0 radical (unpaired) electrons. The van der Waals surface area contributed by atoms with Gasteiger partial charge in [0.25, 0.3) is 0 Å². The highest BCUT2D eigenvalue weighted by Crippen LogP contribution is 2.27. The first-order chi connectivity index (χ1) is 7.27. The Bertz CT molecular complexity index is 426. The van der Waals surface area contributed by atoms with Crippen molar-refractivity contribution < 1.29 is 0 Å². The van der Waals surface area contributed by atoms with E-state index in [0.29, 0.717) is 0 Å². The fourth-order valence-electron chi connectivity index (χ4n) is 1.17. The lowest BCUT2D eigenvalue weighted by Gasteiger charge is -2.08. The van der Waals surface area contributed by atoms with Gasteiger partial charge in [0.05, 0.1) is 0 Å². The summed E-state index contributed by atoms with van der Waals surface area (Å²) in [5, 5.41) is 8.13. The van der Waals surface area contributed by atoms with Crippen molar-refractivity contribution in [2.24, 2.45) is 5.73 Å². The van der Waals surface area contributed by atoms with Crippen molar-refractivity contribution in [3.63, 3.8) is 0 Å².